The zero-order valence-corrected chi connectivity index (χ0v) is 19.9. The van der Waals surface area contributed by atoms with E-state index in [0.717, 1.165) is 34.9 Å². The van der Waals surface area contributed by atoms with Gasteiger partial charge in [-0.3, -0.25) is 0 Å². The molecule has 0 atom stereocenters. The SMILES string of the molecule is COc1cc2[nH]c(C3CCC(COCC(C)(C)[Si](C)C)CC3)cc2cc1Br. The first-order chi connectivity index (χ1) is 12.8. The number of methoxy groups -OCH3 is 1. The van der Waals surface area contributed by atoms with Gasteiger partial charge in [-0.1, -0.05) is 26.9 Å². The summed E-state index contributed by atoms with van der Waals surface area (Å²) >= 11 is 3.59. The van der Waals surface area contributed by atoms with Crippen LogP contribution in [0.1, 0.15) is 51.1 Å². The standard InChI is InChI=1S/C22H33BrNO2Si/c1-22(2,27(4)5)14-26-13-15-6-8-16(9-7-15)19-11-17-10-18(23)21(25-3)12-20(17)24-19/h10-12,15-16,24H,6-9,13-14H2,1-5H3. The van der Waals surface area contributed by atoms with Gasteiger partial charge in [-0.2, -0.15) is 0 Å². The number of rotatable bonds is 7. The van der Waals surface area contributed by atoms with Crippen LogP contribution in [0.15, 0.2) is 22.7 Å². The minimum Gasteiger partial charge on any atom is -0.495 e. The van der Waals surface area contributed by atoms with Crippen LogP contribution < -0.4 is 4.74 Å². The molecule has 2 aromatic rings. The van der Waals surface area contributed by atoms with Gasteiger partial charge in [-0.05, 0) is 70.6 Å². The third-order valence-corrected chi connectivity index (χ3v) is 9.84. The topological polar surface area (TPSA) is 34.2 Å². The monoisotopic (exact) mass is 450 g/mol. The van der Waals surface area contributed by atoms with Gasteiger partial charge in [0.1, 0.15) is 5.75 Å². The minimum absolute atomic E-state index is 0.320. The Morgan fingerprint density at radius 3 is 2.48 bits per heavy atom. The quantitative estimate of drug-likeness (QED) is 0.472. The maximum atomic E-state index is 6.13. The number of ether oxygens (including phenoxy) is 2. The van der Waals surface area contributed by atoms with Crippen LogP contribution >= 0.6 is 15.9 Å². The van der Waals surface area contributed by atoms with Crippen LogP contribution in [0.25, 0.3) is 10.9 Å². The molecule has 149 valence electrons. The summed E-state index contributed by atoms with van der Waals surface area (Å²) in [5.41, 5.74) is 2.53. The second kappa shape index (κ2) is 8.71. The molecule has 1 heterocycles. The third-order valence-electron chi connectivity index (χ3n) is 6.37. The Kier molecular flexibility index (Phi) is 6.75. The van der Waals surface area contributed by atoms with E-state index in [4.69, 9.17) is 9.47 Å². The van der Waals surface area contributed by atoms with Gasteiger partial charge in [0.05, 0.1) is 20.4 Å². The number of fused-ring (bicyclic) bond motifs is 1. The fourth-order valence-electron chi connectivity index (χ4n) is 3.80. The fraction of sp³-hybridized carbons (Fsp3) is 0.636. The number of aromatic amines is 1. The fourth-order valence-corrected chi connectivity index (χ4v) is 4.71. The van der Waals surface area contributed by atoms with Crippen LogP contribution in [-0.2, 0) is 4.74 Å². The van der Waals surface area contributed by atoms with Crippen molar-refractivity contribution in [2.75, 3.05) is 20.3 Å². The zero-order valence-electron chi connectivity index (χ0n) is 17.3. The summed E-state index contributed by atoms with van der Waals surface area (Å²) in [5.74, 6) is 2.24. The molecule has 0 saturated heterocycles. The molecule has 5 heteroatoms. The maximum Gasteiger partial charge on any atom is 0.135 e. The van der Waals surface area contributed by atoms with Crippen molar-refractivity contribution in [2.45, 2.75) is 63.6 Å². The van der Waals surface area contributed by atoms with Crippen LogP contribution in [0.4, 0.5) is 0 Å². The van der Waals surface area contributed by atoms with E-state index in [1.807, 2.05) is 0 Å². The van der Waals surface area contributed by atoms with E-state index >= 15 is 0 Å². The van der Waals surface area contributed by atoms with Gasteiger partial charge in [0.2, 0.25) is 0 Å². The van der Waals surface area contributed by atoms with Gasteiger partial charge in [0, 0.05) is 35.9 Å². The molecule has 0 spiro atoms. The van der Waals surface area contributed by atoms with Crippen molar-refractivity contribution >= 4 is 35.6 Å². The van der Waals surface area contributed by atoms with E-state index in [1.165, 1.54) is 36.8 Å². The average Bonchev–Trinajstić information content (AvgIpc) is 3.04. The number of halogens is 1. The van der Waals surface area contributed by atoms with Crippen molar-refractivity contribution in [1.82, 2.24) is 4.98 Å². The van der Waals surface area contributed by atoms with Gasteiger partial charge in [-0.15, -0.1) is 0 Å². The molecule has 1 fully saturated rings. The predicted molar refractivity (Wildman–Crippen MR) is 120 cm³/mol. The van der Waals surface area contributed by atoms with E-state index < -0.39 is 0 Å². The normalized spacial score (nSPS) is 21.1. The Morgan fingerprint density at radius 2 is 1.85 bits per heavy atom. The molecule has 1 aliphatic carbocycles. The van der Waals surface area contributed by atoms with Crippen molar-refractivity contribution in [2.24, 2.45) is 5.92 Å². The highest BCUT2D eigenvalue weighted by Crippen LogP contribution is 2.38. The number of hydrogen-bond donors (Lipinski definition) is 1. The number of hydrogen-bond acceptors (Lipinski definition) is 2. The first-order valence-corrected chi connectivity index (χ1v) is 13.3. The van der Waals surface area contributed by atoms with Gasteiger partial charge < -0.3 is 14.5 Å². The van der Waals surface area contributed by atoms with Crippen LogP contribution in [0, 0.1) is 5.92 Å². The molecule has 1 aliphatic rings. The number of aromatic nitrogens is 1. The van der Waals surface area contributed by atoms with E-state index in [0.29, 0.717) is 11.0 Å². The maximum absolute atomic E-state index is 6.13. The first-order valence-electron chi connectivity index (χ1n) is 10.0. The first kappa shape index (κ1) is 20.9. The lowest BCUT2D eigenvalue weighted by molar-refractivity contribution is 0.0682. The van der Waals surface area contributed by atoms with Gasteiger partial charge in [0.15, 0.2) is 0 Å². The van der Waals surface area contributed by atoms with E-state index in [9.17, 15) is 0 Å². The number of H-pyrrole nitrogens is 1. The second-order valence-corrected chi connectivity index (χ2v) is 13.1. The van der Waals surface area contributed by atoms with Crippen LogP contribution in [-0.4, -0.2) is 34.1 Å². The Labute approximate surface area is 173 Å². The predicted octanol–water partition coefficient (Wildman–Crippen LogP) is 6.76. The summed E-state index contributed by atoms with van der Waals surface area (Å²) in [6, 6.07) is 6.55. The van der Waals surface area contributed by atoms with Gasteiger partial charge >= 0.3 is 0 Å². The molecule has 1 N–H and O–H groups in total. The average molecular weight is 452 g/mol. The van der Waals surface area contributed by atoms with Crippen LogP contribution in [0.2, 0.25) is 18.1 Å². The van der Waals surface area contributed by atoms with Gasteiger partial charge in [-0.25, -0.2) is 0 Å². The number of nitrogens with one attached hydrogen (secondary N) is 1. The lowest BCUT2D eigenvalue weighted by atomic mass is 9.81. The molecule has 0 aliphatic heterocycles. The molecule has 1 aromatic heterocycles. The van der Waals surface area contributed by atoms with E-state index in [1.54, 1.807) is 7.11 Å². The molecular formula is C22H33BrNO2Si. The molecule has 1 radical (unpaired) electrons. The molecule has 3 rings (SSSR count). The van der Waals surface area contributed by atoms with E-state index in [-0.39, 0.29) is 8.80 Å². The lowest BCUT2D eigenvalue weighted by Gasteiger charge is -2.31. The van der Waals surface area contributed by atoms with Crippen LogP contribution in [0.5, 0.6) is 5.75 Å². The molecule has 1 saturated carbocycles. The molecule has 27 heavy (non-hydrogen) atoms. The van der Waals surface area contributed by atoms with Gasteiger partial charge in [0.25, 0.3) is 0 Å². The molecule has 1 aromatic carbocycles. The van der Waals surface area contributed by atoms with Crippen LogP contribution in [0.3, 0.4) is 0 Å². The summed E-state index contributed by atoms with van der Waals surface area (Å²) < 4.78 is 12.6. The summed E-state index contributed by atoms with van der Waals surface area (Å²) in [4.78, 5) is 3.63. The Bertz CT molecular complexity index is 763. The molecule has 3 nitrogen and oxygen atoms in total. The molecular weight excluding hydrogens is 418 g/mol. The Balaban J connectivity index is 1.54. The Morgan fingerprint density at radius 1 is 1.15 bits per heavy atom. The number of benzene rings is 1. The summed E-state index contributed by atoms with van der Waals surface area (Å²) in [6.45, 7) is 11.3. The highest BCUT2D eigenvalue weighted by molar-refractivity contribution is 9.10. The van der Waals surface area contributed by atoms with Crippen molar-refractivity contribution in [3.63, 3.8) is 0 Å². The van der Waals surface area contributed by atoms with Crippen molar-refractivity contribution < 1.29 is 9.47 Å². The third kappa shape index (κ3) is 4.99. The molecule has 0 bridgehead atoms. The zero-order chi connectivity index (χ0) is 19.6. The van der Waals surface area contributed by atoms with Crippen molar-refractivity contribution in [1.29, 1.82) is 0 Å². The summed E-state index contributed by atoms with van der Waals surface area (Å²) in [5, 5.41) is 1.61. The summed E-state index contributed by atoms with van der Waals surface area (Å²) in [7, 11) is 1.39. The minimum atomic E-state index is -0.320. The lowest BCUT2D eigenvalue weighted by Crippen LogP contribution is -2.28. The molecule has 0 unspecified atom stereocenters. The highest BCUT2D eigenvalue weighted by Gasteiger charge is 2.27. The molecule has 0 amide bonds. The second-order valence-electron chi connectivity index (χ2n) is 8.92. The largest absolute Gasteiger partial charge is 0.495 e. The highest BCUT2D eigenvalue weighted by atomic mass is 79.9. The van der Waals surface area contributed by atoms with E-state index in [2.05, 4.69) is 66.1 Å². The van der Waals surface area contributed by atoms with Crippen molar-refractivity contribution in [3.05, 3.63) is 28.4 Å². The van der Waals surface area contributed by atoms with Crippen molar-refractivity contribution in [3.8, 4) is 5.75 Å². The Hall–Kier alpha value is -0.783. The smallest absolute Gasteiger partial charge is 0.135 e. The summed E-state index contributed by atoms with van der Waals surface area (Å²) in [6.07, 6.45) is 5.03.